The highest BCUT2D eigenvalue weighted by Crippen LogP contribution is 2.28. The van der Waals surface area contributed by atoms with Gasteiger partial charge in [-0.1, -0.05) is 15.9 Å². The van der Waals surface area contributed by atoms with Crippen LogP contribution in [0.4, 0.5) is 19.0 Å². The van der Waals surface area contributed by atoms with Crippen LogP contribution in [-0.4, -0.2) is 4.98 Å². The van der Waals surface area contributed by atoms with Gasteiger partial charge in [-0.25, -0.2) is 19.0 Å². The molecule has 2 rings (SSSR count). The predicted octanol–water partition coefficient (Wildman–Crippen LogP) is 3.34. The van der Waals surface area contributed by atoms with Crippen molar-refractivity contribution in [2.75, 3.05) is 5.43 Å². The minimum absolute atomic E-state index is 0.246. The monoisotopic (exact) mass is 333 g/mol. The van der Waals surface area contributed by atoms with E-state index in [9.17, 15) is 13.2 Å². The van der Waals surface area contributed by atoms with Crippen molar-refractivity contribution < 1.29 is 17.9 Å². The minimum atomic E-state index is -1.07. The highest BCUT2D eigenvalue weighted by Gasteiger charge is 2.15. The van der Waals surface area contributed by atoms with Gasteiger partial charge in [-0.15, -0.1) is 0 Å². The Morgan fingerprint density at radius 2 is 1.84 bits per heavy atom. The molecule has 8 heteroatoms. The van der Waals surface area contributed by atoms with E-state index in [1.807, 2.05) is 5.43 Å². The van der Waals surface area contributed by atoms with Gasteiger partial charge >= 0.3 is 0 Å². The third-order valence-electron chi connectivity index (χ3n) is 2.13. The lowest BCUT2D eigenvalue weighted by molar-refractivity contribution is 0.395. The number of nitrogens with two attached hydrogens (primary N) is 1. The lowest BCUT2D eigenvalue weighted by Crippen LogP contribution is -2.11. The third-order valence-corrected chi connectivity index (χ3v) is 2.63. The maximum atomic E-state index is 13.5. The largest absolute Gasteiger partial charge is 0.433 e. The maximum Gasteiger partial charge on any atom is 0.258 e. The normalized spacial score (nSPS) is 10.4. The number of nitrogens with one attached hydrogen (secondary N) is 1. The maximum absolute atomic E-state index is 13.5. The van der Waals surface area contributed by atoms with E-state index in [4.69, 9.17) is 10.6 Å². The fraction of sp³-hybridized carbons (Fsp3) is 0. The van der Waals surface area contributed by atoms with Crippen molar-refractivity contribution in [2.45, 2.75) is 0 Å². The van der Waals surface area contributed by atoms with Crippen LogP contribution < -0.4 is 16.0 Å². The average molecular weight is 334 g/mol. The Kier molecular flexibility index (Phi) is 3.91. The molecule has 0 atom stereocenters. The molecule has 0 aliphatic carbocycles. The molecule has 0 unspecified atom stereocenters. The lowest BCUT2D eigenvalue weighted by atomic mass is 10.3. The number of anilines is 1. The fourth-order valence-electron chi connectivity index (χ4n) is 1.28. The summed E-state index contributed by atoms with van der Waals surface area (Å²) in [5, 5.41) is 0. The first kappa shape index (κ1) is 13.6. The van der Waals surface area contributed by atoms with Crippen molar-refractivity contribution in [3.8, 4) is 11.6 Å². The summed E-state index contributed by atoms with van der Waals surface area (Å²) in [5.74, 6) is 0.987. The Morgan fingerprint density at radius 1 is 1.11 bits per heavy atom. The SMILES string of the molecule is NNc1nc(Oc2ccc(Br)cc2F)c(F)cc1F. The van der Waals surface area contributed by atoms with Crippen molar-refractivity contribution in [3.05, 3.63) is 46.2 Å². The number of benzene rings is 1. The van der Waals surface area contributed by atoms with E-state index in [1.165, 1.54) is 12.1 Å². The second kappa shape index (κ2) is 5.45. The van der Waals surface area contributed by atoms with Crippen LogP contribution in [0.25, 0.3) is 0 Å². The van der Waals surface area contributed by atoms with E-state index < -0.39 is 29.1 Å². The van der Waals surface area contributed by atoms with E-state index in [1.54, 1.807) is 0 Å². The van der Waals surface area contributed by atoms with Gasteiger partial charge in [-0.3, -0.25) is 0 Å². The van der Waals surface area contributed by atoms with Gasteiger partial charge in [-0.2, -0.15) is 4.98 Å². The summed E-state index contributed by atoms with van der Waals surface area (Å²) in [7, 11) is 0. The van der Waals surface area contributed by atoms with Crippen LogP contribution in [-0.2, 0) is 0 Å². The zero-order valence-electron chi connectivity index (χ0n) is 9.25. The number of ether oxygens (including phenoxy) is 1. The number of nitrogen functional groups attached to an aromatic ring is 1. The van der Waals surface area contributed by atoms with Gasteiger partial charge in [0, 0.05) is 10.5 Å². The summed E-state index contributed by atoms with van der Waals surface area (Å²) in [5.41, 5.74) is 1.94. The Balaban J connectivity index is 2.37. The Morgan fingerprint density at radius 3 is 2.47 bits per heavy atom. The van der Waals surface area contributed by atoms with Gasteiger partial charge in [0.2, 0.25) is 0 Å². The molecule has 0 aliphatic heterocycles. The van der Waals surface area contributed by atoms with E-state index in [2.05, 4.69) is 20.9 Å². The zero-order valence-corrected chi connectivity index (χ0v) is 10.8. The highest BCUT2D eigenvalue weighted by molar-refractivity contribution is 9.10. The van der Waals surface area contributed by atoms with E-state index in [-0.39, 0.29) is 5.75 Å². The second-order valence-corrected chi connectivity index (χ2v) is 4.34. The minimum Gasteiger partial charge on any atom is -0.433 e. The molecule has 0 radical (unpaired) electrons. The molecular weight excluding hydrogens is 327 g/mol. The predicted molar refractivity (Wildman–Crippen MR) is 66.1 cm³/mol. The molecule has 0 saturated heterocycles. The number of aromatic nitrogens is 1. The van der Waals surface area contributed by atoms with Crippen LogP contribution in [0.5, 0.6) is 11.6 Å². The molecule has 0 spiro atoms. The Labute approximate surface area is 114 Å². The molecule has 100 valence electrons. The molecule has 3 N–H and O–H groups in total. The molecule has 19 heavy (non-hydrogen) atoms. The molecule has 0 amide bonds. The molecule has 0 fully saturated rings. The van der Waals surface area contributed by atoms with Gasteiger partial charge in [0.15, 0.2) is 29.0 Å². The lowest BCUT2D eigenvalue weighted by Gasteiger charge is -2.09. The average Bonchev–Trinajstić information content (AvgIpc) is 2.35. The molecule has 2 aromatic rings. The van der Waals surface area contributed by atoms with Gasteiger partial charge in [-0.05, 0) is 18.2 Å². The van der Waals surface area contributed by atoms with Gasteiger partial charge in [0.05, 0.1) is 0 Å². The number of nitrogens with zero attached hydrogens (tertiary/aromatic N) is 1. The highest BCUT2D eigenvalue weighted by atomic mass is 79.9. The number of rotatable bonds is 3. The molecular formula is C11H7BrF3N3O. The molecule has 4 nitrogen and oxygen atoms in total. The van der Waals surface area contributed by atoms with Crippen LogP contribution in [0.3, 0.4) is 0 Å². The second-order valence-electron chi connectivity index (χ2n) is 3.43. The Hall–Kier alpha value is -1.80. The first-order valence-electron chi connectivity index (χ1n) is 4.97. The first-order valence-corrected chi connectivity index (χ1v) is 5.76. The number of pyridine rings is 1. The molecule has 1 aromatic carbocycles. The number of hydrazine groups is 1. The fourth-order valence-corrected chi connectivity index (χ4v) is 1.62. The van der Waals surface area contributed by atoms with Crippen molar-refractivity contribution in [3.63, 3.8) is 0 Å². The van der Waals surface area contributed by atoms with Crippen LogP contribution in [0.1, 0.15) is 0 Å². The summed E-state index contributed by atoms with van der Waals surface area (Å²) in [4.78, 5) is 3.46. The van der Waals surface area contributed by atoms with Crippen LogP contribution in [0.2, 0.25) is 0 Å². The smallest absolute Gasteiger partial charge is 0.258 e. The van der Waals surface area contributed by atoms with Crippen molar-refractivity contribution in [2.24, 2.45) is 5.84 Å². The number of halogens is 4. The van der Waals surface area contributed by atoms with Crippen LogP contribution in [0, 0.1) is 17.5 Å². The Bertz CT molecular complexity index is 624. The van der Waals surface area contributed by atoms with Crippen molar-refractivity contribution >= 4 is 21.7 Å². The van der Waals surface area contributed by atoms with Crippen LogP contribution >= 0.6 is 15.9 Å². The topological polar surface area (TPSA) is 60.2 Å². The molecule has 0 saturated carbocycles. The molecule has 0 bridgehead atoms. The van der Waals surface area contributed by atoms with Gasteiger partial charge in [0.25, 0.3) is 5.88 Å². The standard InChI is InChI=1S/C11H7BrF3N3O/c12-5-1-2-9(6(13)3-5)19-11-8(15)4-7(14)10(17-11)18-16/h1-4H,16H2,(H,17,18). The summed E-state index contributed by atoms with van der Waals surface area (Å²) in [6.45, 7) is 0. The van der Waals surface area contributed by atoms with Gasteiger partial charge in [0.1, 0.15) is 0 Å². The summed E-state index contributed by atoms with van der Waals surface area (Å²) in [6.07, 6.45) is 0. The van der Waals surface area contributed by atoms with Crippen LogP contribution in [0.15, 0.2) is 28.7 Å². The summed E-state index contributed by atoms with van der Waals surface area (Å²) in [6, 6.07) is 4.45. The molecule has 0 aliphatic rings. The summed E-state index contributed by atoms with van der Waals surface area (Å²) < 4.78 is 45.5. The quantitative estimate of drug-likeness (QED) is 0.668. The van der Waals surface area contributed by atoms with E-state index in [0.29, 0.717) is 10.5 Å². The van der Waals surface area contributed by atoms with Crippen molar-refractivity contribution in [1.29, 1.82) is 0 Å². The third kappa shape index (κ3) is 2.96. The van der Waals surface area contributed by atoms with E-state index in [0.717, 1.165) is 6.07 Å². The van der Waals surface area contributed by atoms with Crippen molar-refractivity contribution in [1.82, 2.24) is 4.98 Å². The first-order chi connectivity index (χ1) is 9.01. The number of hydrogen-bond acceptors (Lipinski definition) is 4. The number of hydrogen-bond donors (Lipinski definition) is 2. The van der Waals surface area contributed by atoms with Gasteiger partial charge < -0.3 is 10.2 Å². The zero-order chi connectivity index (χ0) is 14.0. The molecule has 1 aromatic heterocycles. The summed E-state index contributed by atoms with van der Waals surface area (Å²) >= 11 is 3.07. The van der Waals surface area contributed by atoms with E-state index >= 15 is 0 Å². The molecule has 1 heterocycles.